The van der Waals surface area contributed by atoms with Gasteiger partial charge in [0.05, 0.1) is 6.04 Å². The maximum atomic E-state index is 12.4. The van der Waals surface area contributed by atoms with E-state index in [1.165, 1.54) is 0 Å². The Hall–Kier alpha value is -0.810. The lowest BCUT2D eigenvalue weighted by atomic mass is 10.0. The van der Waals surface area contributed by atoms with Gasteiger partial charge in [0, 0.05) is 31.3 Å². The lowest BCUT2D eigenvalue weighted by Gasteiger charge is -2.36. The number of amides is 1. The standard InChI is InChI=1S/C17H25ClN2O2.ClH/c1-2-3-4-10-22-13-17(21)20-9-8-19-12-16(20)14-6-5-7-15(18)11-14;/h5-7,11,16,19H,2-4,8-10,12-13H2,1H3;1H. The van der Waals surface area contributed by atoms with Crippen molar-refractivity contribution in [3.8, 4) is 0 Å². The van der Waals surface area contributed by atoms with Gasteiger partial charge in [0.25, 0.3) is 0 Å². The molecule has 2 rings (SSSR count). The van der Waals surface area contributed by atoms with Crippen molar-refractivity contribution in [2.75, 3.05) is 32.8 Å². The van der Waals surface area contributed by atoms with Crippen LogP contribution in [0.1, 0.15) is 37.8 Å². The van der Waals surface area contributed by atoms with E-state index in [2.05, 4.69) is 12.2 Å². The van der Waals surface area contributed by atoms with Gasteiger partial charge in [-0.05, 0) is 24.1 Å². The van der Waals surface area contributed by atoms with Crippen molar-refractivity contribution in [2.45, 2.75) is 32.2 Å². The second kappa shape index (κ2) is 10.9. The Bertz CT molecular complexity index is 485. The smallest absolute Gasteiger partial charge is 0.249 e. The summed E-state index contributed by atoms with van der Waals surface area (Å²) in [6.45, 7) is 5.25. The number of ether oxygens (including phenoxy) is 1. The first-order valence-corrected chi connectivity index (χ1v) is 8.43. The van der Waals surface area contributed by atoms with E-state index in [1.807, 2.05) is 29.2 Å². The first-order chi connectivity index (χ1) is 10.7. The summed E-state index contributed by atoms with van der Waals surface area (Å²) in [6.07, 6.45) is 3.32. The zero-order chi connectivity index (χ0) is 15.8. The molecule has 1 N–H and O–H groups in total. The number of hydrogen-bond donors (Lipinski definition) is 1. The first-order valence-electron chi connectivity index (χ1n) is 8.05. The van der Waals surface area contributed by atoms with Crippen molar-refractivity contribution in [3.63, 3.8) is 0 Å². The summed E-state index contributed by atoms with van der Waals surface area (Å²) in [7, 11) is 0. The van der Waals surface area contributed by atoms with Crippen molar-refractivity contribution >= 4 is 29.9 Å². The van der Waals surface area contributed by atoms with Gasteiger partial charge >= 0.3 is 0 Å². The predicted molar refractivity (Wildman–Crippen MR) is 96.4 cm³/mol. The molecule has 0 spiro atoms. The second-order valence-electron chi connectivity index (χ2n) is 5.62. The number of nitrogens with one attached hydrogen (secondary N) is 1. The molecule has 0 bridgehead atoms. The van der Waals surface area contributed by atoms with Crippen molar-refractivity contribution in [1.82, 2.24) is 10.2 Å². The molecule has 1 unspecified atom stereocenters. The third-order valence-corrected chi connectivity index (χ3v) is 4.15. The molecule has 23 heavy (non-hydrogen) atoms. The van der Waals surface area contributed by atoms with E-state index in [0.717, 1.165) is 37.9 Å². The Balaban J connectivity index is 0.00000264. The molecule has 1 saturated heterocycles. The van der Waals surface area contributed by atoms with Crippen LogP contribution in [0.3, 0.4) is 0 Å². The molecule has 0 radical (unpaired) electrons. The average Bonchev–Trinajstić information content (AvgIpc) is 2.54. The van der Waals surface area contributed by atoms with Gasteiger partial charge < -0.3 is 15.0 Å². The van der Waals surface area contributed by atoms with Crippen LogP contribution in [0.2, 0.25) is 5.02 Å². The minimum absolute atomic E-state index is 0. The molecule has 1 aliphatic rings. The summed E-state index contributed by atoms with van der Waals surface area (Å²) in [4.78, 5) is 14.3. The maximum absolute atomic E-state index is 12.4. The Kier molecular flexibility index (Phi) is 9.56. The number of rotatable bonds is 7. The number of hydrogen-bond acceptors (Lipinski definition) is 3. The van der Waals surface area contributed by atoms with Gasteiger partial charge in [-0.25, -0.2) is 0 Å². The van der Waals surface area contributed by atoms with Crippen LogP contribution >= 0.6 is 24.0 Å². The Morgan fingerprint density at radius 2 is 2.26 bits per heavy atom. The zero-order valence-corrected chi connectivity index (χ0v) is 15.2. The summed E-state index contributed by atoms with van der Waals surface area (Å²) in [5.41, 5.74) is 1.07. The molecule has 0 saturated carbocycles. The summed E-state index contributed by atoms with van der Waals surface area (Å²) in [6, 6.07) is 7.76. The Morgan fingerprint density at radius 3 is 3.00 bits per heavy atom. The Morgan fingerprint density at radius 1 is 1.43 bits per heavy atom. The first kappa shape index (κ1) is 20.2. The lowest BCUT2D eigenvalue weighted by Crippen LogP contribution is -2.49. The molecule has 1 atom stereocenters. The van der Waals surface area contributed by atoms with E-state index in [0.29, 0.717) is 18.2 Å². The molecular weight excluding hydrogens is 335 g/mol. The SMILES string of the molecule is CCCCCOCC(=O)N1CCNCC1c1cccc(Cl)c1.Cl. The molecule has 1 amide bonds. The van der Waals surface area contributed by atoms with Crippen molar-refractivity contribution in [1.29, 1.82) is 0 Å². The number of carbonyl (C=O) groups is 1. The monoisotopic (exact) mass is 360 g/mol. The van der Waals surface area contributed by atoms with Gasteiger partial charge in [-0.1, -0.05) is 43.5 Å². The number of nitrogens with zero attached hydrogens (tertiary/aromatic N) is 1. The Labute approximate surface area is 149 Å². The van der Waals surface area contributed by atoms with Crippen LogP contribution in [-0.2, 0) is 9.53 Å². The van der Waals surface area contributed by atoms with Crippen LogP contribution in [0.15, 0.2) is 24.3 Å². The number of halogens is 2. The van der Waals surface area contributed by atoms with Crippen molar-refractivity contribution in [3.05, 3.63) is 34.9 Å². The summed E-state index contributed by atoms with van der Waals surface area (Å²) in [5, 5.41) is 4.04. The van der Waals surface area contributed by atoms with Gasteiger partial charge in [0.15, 0.2) is 0 Å². The van der Waals surface area contributed by atoms with E-state index < -0.39 is 0 Å². The van der Waals surface area contributed by atoms with Crippen LogP contribution in [-0.4, -0.2) is 43.7 Å². The molecule has 1 aromatic carbocycles. The third-order valence-electron chi connectivity index (χ3n) is 3.91. The highest BCUT2D eigenvalue weighted by Gasteiger charge is 2.27. The number of benzene rings is 1. The fourth-order valence-electron chi connectivity index (χ4n) is 2.71. The number of piperazine rings is 1. The third kappa shape index (κ3) is 6.30. The van der Waals surface area contributed by atoms with Crippen LogP contribution in [0.5, 0.6) is 0 Å². The molecule has 1 heterocycles. The van der Waals surface area contributed by atoms with Gasteiger partial charge in [-0.15, -0.1) is 12.4 Å². The van der Waals surface area contributed by atoms with Crippen LogP contribution in [0, 0.1) is 0 Å². The predicted octanol–water partition coefficient (Wildman–Crippen LogP) is 3.44. The summed E-state index contributed by atoms with van der Waals surface area (Å²) >= 11 is 6.07. The highest BCUT2D eigenvalue weighted by Crippen LogP contribution is 2.24. The molecular formula is C17H26Cl2N2O2. The number of carbonyl (C=O) groups excluding carboxylic acids is 1. The molecule has 0 aromatic heterocycles. The molecule has 130 valence electrons. The zero-order valence-electron chi connectivity index (χ0n) is 13.6. The van der Waals surface area contributed by atoms with E-state index >= 15 is 0 Å². The van der Waals surface area contributed by atoms with Gasteiger partial charge in [0.1, 0.15) is 6.61 Å². The van der Waals surface area contributed by atoms with E-state index in [1.54, 1.807) is 0 Å². The van der Waals surface area contributed by atoms with E-state index in [4.69, 9.17) is 16.3 Å². The molecule has 6 heteroatoms. The quantitative estimate of drug-likeness (QED) is 0.757. The van der Waals surface area contributed by atoms with E-state index in [-0.39, 0.29) is 31.0 Å². The summed E-state index contributed by atoms with van der Waals surface area (Å²) < 4.78 is 5.52. The lowest BCUT2D eigenvalue weighted by molar-refractivity contribution is -0.139. The van der Waals surface area contributed by atoms with Gasteiger partial charge in [-0.3, -0.25) is 4.79 Å². The molecule has 1 fully saturated rings. The van der Waals surface area contributed by atoms with Crippen LogP contribution < -0.4 is 5.32 Å². The highest BCUT2D eigenvalue weighted by atomic mass is 35.5. The fourth-order valence-corrected chi connectivity index (χ4v) is 2.91. The summed E-state index contributed by atoms with van der Waals surface area (Å²) in [5.74, 6) is 0.0583. The highest BCUT2D eigenvalue weighted by molar-refractivity contribution is 6.30. The molecule has 1 aliphatic heterocycles. The maximum Gasteiger partial charge on any atom is 0.249 e. The van der Waals surface area contributed by atoms with Gasteiger partial charge in [0.2, 0.25) is 5.91 Å². The minimum atomic E-state index is 0. The van der Waals surface area contributed by atoms with Crippen LogP contribution in [0.4, 0.5) is 0 Å². The largest absolute Gasteiger partial charge is 0.372 e. The topological polar surface area (TPSA) is 41.6 Å². The second-order valence-corrected chi connectivity index (χ2v) is 6.06. The molecule has 1 aromatic rings. The normalized spacial score (nSPS) is 17.7. The molecule has 0 aliphatic carbocycles. The van der Waals surface area contributed by atoms with Crippen molar-refractivity contribution < 1.29 is 9.53 Å². The van der Waals surface area contributed by atoms with E-state index in [9.17, 15) is 4.79 Å². The number of unbranched alkanes of at least 4 members (excludes halogenated alkanes) is 2. The molecule has 4 nitrogen and oxygen atoms in total. The van der Waals surface area contributed by atoms with Crippen molar-refractivity contribution in [2.24, 2.45) is 0 Å². The fraction of sp³-hybridized carbons (Fsp3) is 0.588. The van der Waals surface area contributed by atoms with Gasteiger partial charge in [-0.2, -0.15) is 0 Å². The minimum Gasteiger partial charge on any atom is -0.372 e. The average molecular weight is 361 g/mol. The van der Waals surface area contributed by atoms with Crippen LogP contribution in [0.25, 0.3) is 0 Å².